The number of hydrogen-bond donors (Lipinski definition) is 0. The Morgan fingerprint density at radius 1 is 0.400 bits per heavy atom. The topological polar surface area (TPSA) is 87.1 Å². The maximum Gasteiger partial charge on any atom is 0.306 e. The Morgan fingerprint density at radius 2 is 0.730 bits per heavy atom. The number of carbonyl (C=O) groups is 1. The van der Waals surface area contributed by atoms with Crippen LogP contribution in [0.25, 0.3) is 101 Å². The molecule has 0 atom stereocenters. The van der Waals surface area contributed by atoms with E-state index in [0.717, 1.165) is 84.7 Å². The van der Waals surface area contributed by atoms with E-state index in [1.807, 2.05) is 24.5 Å². The van der Waals surface area contributed by atoms with Gasteiger partial charge in [0.1, 0.15) is 11.9 Å². The normalized spacial score (nSPS) is 24.4. The van der Waals surface area contributed by atoms with Gasteiger partial charge in [0.2, 0.25) is 0 Å². The van der Waals surface area contributed by atoms with Crippen molar-refractivity contribution in [2.24, 2.45) is 38.4 Å². The molecule has 10 aromatic rings. The van der Waals surface area contributed by atoms with Gasteiger partial charge in [0.05, 0.1) is 6.61 Å². The van der Waals surface area contributed by atoms with Crippen LogP contribution in [0.2, 0.25) is 0 Å². The summed E-state index contributed by atoms with van der Waals surface area (Å²) in [4.78, 5) is 32.5. The number of aryl methyl sites for hydroxylation is 1. The molecular formula is C108H120N4O3. The second-order valence-electron chi connectivity index (χ2n) is 37.9. The summed E-state index contributed by atoms with van der Waals surface area (Å²) in [7, 11) is 0. The highest BCUT2D eigenvalue weighted by molar-refractivity contribution is 5.92. The minimum absolute atomic E-state index is 0.0895. The maximum atomic E-state index is 12.1. The van der Waals surface area contributed by atoms with Crippen molar-refractivity contribution in [3.05, 3.63) is 247 Å². The van der Waals surface area contributed by atoms with E-state index < -0.39 is 6.10 Å². The second kappa shape index (κ2) is 29.4. The molecule has 8 aliphatic carbocycles. The minimum Gasteiger partial charge on any atom is -0.494 e. The lowest BCUT2D eigenvalue weighted by Crippen LogP contribution is -2.60. The van der Waals surface area contributed by atoms with E-state index in [1.165, 1.54) is 193 Å². The van der Waals surface area contributed by atoms with Crippen molar-refractivity contribution >= 4 is 5.97 Å². The highest BCUT2D eigenvalue weighted by atomic mass is 16.5. The Hall–Kier alpha value is -9.33. The summed E-state index contributed by atoms with van der Waals surface area (Å²) >= 11 is 0. The Bertz CT molecular complexity index is 5320. The maximum absolute atomic E-state index is 12.1. The first-order valence-electron chi connectivity index (χ1n) is 44.6. The van der Waals surface area contributed by atoms with Gasteiger partial charge in [0.15, 0.2) is 11.6 Å². The number of nitrogens with zero attached hydrogens (tertiary/aromatic N) is 4. The van der Waals surface area contributed by atoms with E-state index in [1.54, 1.807) is 34.4 Å². The molecule has 7 nitrogen and oxygen atoms in total. The van der Waals surface area contributed by atoms with Gasteiger partial charge < -0.3 is 9.47 Å². The van der Waals surface area contributed by atoms with Gasteiger partial charge in [0.25, 0.3) is 0 Å². The van der Waals surface area contributed by atoms with Gasteiger partial charge >= 0.3 is 5.97 Å². The summed E-state index contributed by atoms with van der Waals surface area (Å²) in [5, 5.41) is 0. The third-order valence-electron chi connectivity index (χ3n) is 32.7. The van der Waals surface area contributed by atoms with Gasteiger partial charge in [-0.15, -0.1) is 0 Å². The molecule has 18 rings (SSSR count). The van der Waals surface area contributed by atoms with Crippen LogP contribution >= 0.6 is 0 Å². The molecule has 0 amide bonds. The molecule has 0 saturated heterocycles. The van der Waals surface area contributed by atoms with Crippen LogP contribution in [0.1, 0.15) is 262 Å². The molecule has 2 aromatic heterocycles. The molecule has 5 saturated carbocycles. The van der Waals surface area contributed by atoms with E-state index in [2.05, 4.69) is 240 Å². The van der Waals surface area contributed by atoms with Crippen LogP contribution in [-0.2, 0) is 25.8 Å². The molecule has 0 aliphatic heterocycles. The molecule has 4 bridgehead atoms. The van der Waals surface area contributed by atoms with Crippen molar-refractivity contribution in [3.63, 3.8) is 0 Å². The van der Waals surface area contributed by atoms with E-state index in [-0.39, 0.29) is 54.7 Å². The predicted octanol–water partition coefficient (Wildman–Crippen LogP) is 28.6. The molecule has 8 aliphatic rings. The highest BCUT2D eigenvalue weighted by Crippen LogP contribution is 2.80. The van der Waals surface area contributed by atoms with Crippen molar-refractivity contribution in [1.82, 2.24) is 19.9 Å². The van der Waals surface area contributed by atoms with Crippen molar-refractivity contribution < 1.29 is 14.3 Å². The lowest BCUT2D eigenvalue weighted by atomic mass is 9.37. The molecule has 8 aromatic carbocycles. The summed E-state index contributed by atoms with van der Waals surface area (Å²) < 4.78 is 11.5. The van der Waals surface area contributed by atoms with Crippen LogP contribution in [0.3, 0.4) is 0 Å². The summed E-state index contributed by atoms with van der Waals surface area (Å²) in [6.45, 7) is 33.5. The van der Waals surface area contributed by atoms with Crippen LogP contribution in [-0.4, -0.2) is 38.6 Å². The zero-order chi connectivity index (χ0) is 79.5. The number of aromatic nitrogens is 4. The van der Waals surface area contributed by atoms with Crippen molar-refractivity contribution in [1.29, 1.82) is 0 Å². The largest absolute Gasteiger partial charge is 0.494 e. The average Bonchev–Trinajstić information content (AvgIpc) is 1.51. The third-order valence-corrected chi connectivity index (χ3v) is 32.7. The standard InChI is InChI=1S/C108H120N4O3/c1-13-72-65-104(16-4,17-5)108(105(18-6,19-7)66-72)91-59-71(8)30-44-85(91)90-49-41-80(64-96(90)108)82-69-109-98(110-70-82)74-33-31-73(32-34-74)76-37-45-86-87-46-38-77(61-93(87)106(92(86)60-76)100(9)50-27-52-101(106,10)53-28-51-100)78-39-47-88-89-48-40-79(63-95(89)107(94(88)62-78)102(11)54-56-103(107,12)57-55-102)81-67-111-99(112-68-81)75-35-42-84(43-36-75)114-58-26-24-22-20-21-23-25-29-97(113)115-83(14-2)15-3/h14-15,30-49,59-64,67-70,72,83H,2-3,13,16-29,50-58,65-66H2,1,4-12H3. The zero-order valence-corrected chi connectivity index (χ0v) is 70.4. The van der Waals surface area contributed by atoms with E-state index in [9.17, 15) is 4.79 Å². The van der Waals surface area contributed by atoms with E-state index in [4.69, 9.17) is 29.4 Å². The van der Waals surface area contributed by atoms with Crippen LogP contribution in [0, 0.1) is 45.3 Å². The molecule has 590 valence electrons. The van der Waals surface area contributed by atoms with Crippen LogP contribution in [0.5, 0.6) is 5.75 Å². The second-order valence-corrected chi connectivity index (χ2v) is 37.9. The number of hydrogen-bond acceptors (Lipinski definition) is 7. The minimum atomic E-state index is -0.408. The summed E-state index contributed by atoms with van der Waals surface area (Å²) in [5.41, 5.74) is 31.2. The smallest absolute Gasteiger partial charge is 0.306 e. The molecule has 0 unspecified atom stereocenters. The number of rotatable bonds is 25. The Kier molecular flexibility index (Phi) is 19.7. The van der Waals surface area contributed by atoms with Crippen molar-refractivity contribution in [2.45, 2.75) is 252 Å². The molecule has 7 heteroatoms. The molecule has 0 N–H and O–H groups in total. The van der Waals surface area contributed by atoms with E-state index in [0.29, 0.717) is 18.9 Å². The molecule has 2 heterocycles. The van der Waals surface area contributed by atoms with Crippen LogP contribution in [0.15, 0.2) is 208 Å². The Balaban J connectivity index is 0.598. The van der Waals surface area contributed by atoms with E-state index >= 15 is 0 Å². The first-order valence-corrected chi connectivity index (χ1v) is 44.6. The van der Waals surface area contributed by atoms with Gasteiger partial charge in [-0.2, -0.15) is 0 Å². The summed E-state index contributed by atoms with van der Waals surface area (Å²) in [6.07, 6.45) is 39.8. The fourth-order valence-electron chi connectivity index (χ4n) is 27.1. The summed E-state index contributed by atoms with van der Waals surface area (Å²) in [6, 6.07) is 62.5. The number of ether oxygens (including phenoxy) is 2. The van der Waals surface area contributed by atoms with Gasteiger partial charge in [0, 0.05) is 69.7 Å². The fraction of sp³-hybridized carbons (Fsp3) is 0.435. The van der Waals surface area contributed by atoms with Crippen LogP contribution in [0.4, 0.5) is 0 Å². The number of benzene rings is 8. The highest BCUT2D eigenvalue weighted by Gasteiger charge is 2.73. The molecule has 115 heavy (non-hydrogen) atoms. The number of carbonyl (C=O) groups excluding carboxylic acids is 1. The average molecular weight is 1520 g/mol. The summed E-state index contributed by atoms with van der Waals surface area (Å²) in [5.74, 6) is 2.88. The lowest BCUT2D eigenvalue weighted by Gasteiger charge is -2.65. The molecular weight excluding hydrogens is 1400 g/mol. The quantitative estimate of drug-likeness (QED) is 0.0320. The zero-order valence-electron chi connectivity index (χ0n) is 70.4. The van der Waals surface area contributed by atoms with Crippen molar-refractivity contribution in [3.8, 4) is 106 Å². The number of fused-ring (bicyclic) bond motifs is 11. The van der Waals surface area contributed by atoms with Gasteiger partial charge in [-0.3, -0.25) is 4.79 Å². The SMILES string of the molecule is C=CC(C=C)OC(=O)CCCCCCCCCOc1ccc(-c2ncc(-c3ccc4c(c3)C3(c5cc(-c6ccc7c(c6)C6(c8cc(-c9ccc(-c%10ncc(-c%11ccc%12c(c%11)C%11(c%13cc(C)ccc%13-%12)C(CC)(CC)CC(CC)CC%11(CC)CC)cn%10)cc9)ccc8-7)C7(C)CCCC6(C)CCC7)ccc5-4)C4(C)CCC3(C)CC4)cn2)cc1. The number of unbranched alkanes of at least 4 members (excludes halogenated alkanes) is 6. The fourth-order valence-corrected chi connectivity index (χ4v) is 27.1. The number of esters is 1. The Labute approximate surface area is 686 Å². The molecule has 5 fully saturated rings. The molecule has 0 radical (unpaired) electrons. The van der Waals surface area contributed by atoms with Gasteiger partial charge in [-0.25, -0.2) is 19.9 Å². The first kappa shape index (κ1) is 76.9. The third kappa shape index (κ3) is 11.5. The Morgan fingerprint density at radius 3 is 1.13 bits per heavy atom. The van der Waals surface area contributed by atoms with Gasteiger partial charge in [-0.05, 0) is 315 Å². The van der Waals surface area contributed by atoms with Crippen molar-refractivity contribution in [2.75, 3.05) is 6.61 Å². The van der Waals surface area contributed by atoms with Gasteiger partial charge in [-0.1, -0.05) is 236 Å². The van der Waals surface area contributed by atoms with Crippen LogP contribution < -0.4 is 4.74 Å². The first-order chi connectivity index (χ1) is 55.8. The predicted molar refractivity (Wildman–Crippen MR) is 474 cm³/mol. The lowest BCUT2D eigenvalue weighted by molar-refractivity contribution is -0.145. The monoisotopic (exact) mass is 1520 g/mol. The molecule has 3 spiro atoms.